The highest BCUT2D eigenvalue weighted by molar-refractivity contribution is 6.25. The third-order valence-corrected chi connectivity index (χ3v) is 0.826. The second-order valence-electron chi connectivity index (χ2n) is 0.720. The Morgan fingerprint density at radius 3 is 2.50 bits per heavy atom. The summed E-state index contributed by atoms with van der Waals surface area (Å²) in [5.41, 5.74) is 0. The molecule has 0 fully saturated rings. The molecule has 0 atom stereocenters. The van der Waals surface area contributed by atoms with Crippen molar-refractivity contribution in [2.45, 2.75) is 6.92 Å². The van der Waals surface area contributed by atoms with Crippen LogP contribution in [0.1, 0.15) is 6.92 Å². The normalized spacial score (nSPS) is 7.50. The van der Waals surface area contributed by atoms with E-state index in [0.717, 1.165) is 0 Å². The maximum absolute atomic E-state index is 9.67. The molecule has 0 aromatic carbocycles. The molecule has 1 N–H and O–H groups in total. The number of rotatable bonds is 2. The van der Waals surface area contributed by atoms with E-state index in [1.165, 1.54) is 0 Å². The van der Waals surface area contributed by atoms with Crippen LogP contribution < -0.4 is 0 Å². The Hall–Kier alpha value is -0.383. The summed E-state index contributed by atoms with van der Waals surface area (Å²) in [4.78, 5) is 9.67. The van der Waals surface area contributed by atoms with Gasteiger partial charge in [-0.3, -0.25) is 5.05 Å². The van der Waals surface area contributed by atoms with Crippen LogP contribution >= 0.6 is 0 Å². The quantitative estimate of drug-likeness (QED) is 0.503. The van der Waals surface area contributed by atoms with Crippen molar-refractivity contribution in [2.24, 2.45) is 0 Å². The van der Waals surface area contributed by atoms with E-state index in [1.54, 1.807) is 6.92 Å². The molecule has 0 aliphatic carbocycles. The zero-order valence-electron chi connectivity index (χ0n) is 3.52. The molecule has 0 heterocycles. The lowest BCUT2D eigenvalue weighted by Crippen LogP contribution is -2.00. The molecule has 0 rings (SSSR count). The number of hydrogen-bond acceptors (Lipinski definition) is 2. The molecule has 1 radical (unpaired) electrons. The van der Waals surface area contributed by atoms with Crippen LogP contribution in [0.3, 0.4) is 0 Å². The standard InChI is InChI=1S/C2H6NO2Si/c1-2-5-6(3)4/h3H,2H2,1H3. The van der Waals surface area contributed by atoms with Gasteiger partial charge in [0.1, 0.15) is 0 Å². The van der Waals surface area contributed by atoms with E-state index >= 15 is 0 Å². The molecule has 0 aromatic heterocycles. The highest BCUT2D eigenvalue weighted by Gasteiger charge is 1.93. The summed E-state index contributed by atoms with van der Waals surface area (Å²) in [7, 11) is -2.39. The molecule has 35 valence electrons. The molecule has 0 unspecified atom stereocenters. The minimum atomic E-state index is -2.39. The van der Waals surface area contributed by atoms with E-state index in [4.69, 9.17) is 5.05 Å². The fourth-order valence-electron chi connectivity index (χ4n) is 0.131. The molecule has 4 heteroatoms. The van der Waals surface area contributed by atoms with Crippen LogP contribution in [0.4, 0.5) is 0 Å². The summed E-state index contributed by atoms with van der Waals surface area (Å²) in [6, 6.07) is 0. The van der Waals surface area contributed by atoms with Gasteiger partial charge in [-0.25, -0.2) is 0 Å². The third-order valence-electron chi connectivity index (χ3n) is 0.275. The first-order chi connectivity index (χ1) is 2.77. The molecule has 3 nitrogen and oxygen atoms in total. The van der Waals surface area contributed by atoms with Crippen molar-refractivity contribution >= 4 is 9.08 Å². The van der Waals surface area contributed by atoms with Crippen molar-refractivity contribution < 1.29 is 9.22 Å². The summed E-state index contributed by atoms with van der Waals surface area (Å²) in [6.45, 7) is 2.08. The summed E-state index contributed by atoms with van der Waals surface area (Å²) >= 11 is 0. The molecule has 0 spiro atoms. The van der Waals surface area contributed by atoms with Crippen LogP contribution in [0.2, 0.25) is 0 Å². The maximum Gasteiger partial charge on any atom is 0.654 e. The minimum absolute atomic E-state index is 0.376. The lowest BCUT2D eigenvalue weighted by atomic mass is 10.9. The first-order valence-electron chi connectivity index (χ1n) is 1.65. The van der Waals surface area contributed by atoms with Crippen molar-refractivity contribution in [2.75, 3.05) is 6.61 Å². The number of hydrogen-bond donors (Lipinski definition) is 1. The Labute approximate surface area is 37.9 Å². The van der Waals surface area contributed by atoms with Gasteiger partial charge in [-0.2, -0.15) is 0 Å². The zero-order chi connectivity index (χ0) is 4.99. The van der Waals surface area contributed by atoms with E-state index in [-0.39, 0.29) is 0 Å². The fourth-order valence-corrected chi connectivity index (χ4v) is 0.393. The van der Waals surface area contributed by atoms with E-state index in [1.807, 2.05) is 0 Å². The van der Waals surface area contributed by atoms with Gasteiger partial charge < -0.3 is 9.22 Å². The summed E-state index contributed by atoms with van der Waals surface area (Å²) in [6.07, 6.45) is 0. The second-order valence-corrected chi connectivity index (χ2v) is 1.58. The van der Waals surface area contributed by atoms with Crippen LogP contribution in [0.5, 0.6) is 0 Å². The van der Waals surface area contributed by atoms with Crippen LogP contribution in [-0.2, 0) is 9.22 Å². The third kappa shape index (κ3) is 3.62. The Balaban J connectivity index is 2.83. The highest BCUT2D eigenvalue weighted by Crippen LogP contribution is 1.65. The lowest BCUT2D eigenvalue weighted by molar-refractivity contribution is 0.252. The molecular formula is C2H6NO2Si. The van der Waals surface area contributed by atoms with E-state index < -0.39 is 9.08 Å². The van der Waals surface area contributed by atoms with Crippen LogP contribution in [0.15, 0.2) is 0 Å². The Morgan fingerprint density at radius 2 is 2.50 bits per heavy atom. The first kappa shape index (κ1) is 5.62. The number of nitrogens with one attached hydrogen (secondary N) is 1. The van der Waals surface area contributed by atoms with Gasteiger partial charge in [0.15, 0.2) is 0 Å². The maximum atomic E-state index is 9.67. The van der Waals surface area contributed by atoms with Gasteiger partial charge >= 0.3 is 9.08 Å². The molecule has 0 amide bonds. The van der Waals surface area contributed by atoms with Gasteiger partial charge in [0, 0.05) is 0 Å². The average molecular weight is 104 g/mol. The van der Waals surface area contributed by atoms with Crippen LogP contribution in [0.25, 0.3) is 0 Å². The minimum Gasteiger partial charge on any atom is -0.509 e. The zero-order valence-corrected chi connectivity index (χ0v) is 4.52. The largest absolute Gasteiger partial charge is 0.654 e. The van der Waals surface area contributed by atoms with Crippen molar-refractivity contribution in [3.05, 3.63) is 0 Å². The molecule has 0 aromatic rings. The fraction of sp³-hybridized carbons (Fsp3) is 1.00. The smallest absolute Gasteiger partial charge is 0.509 e. The molecule has 0 aliphatic rings. The predicted molar refractivity (Wildman–Crippen MR) is 20.8 cm³/mol. The van der Waals surface area contributed by atoms with E-state index in [0.29, 0.717) is 6.61 Å². The SMILES string of the molecule is CCO[Si](=N)[O]. The van der Waals surface area contributed by atoms with Gasteiger partial charge in [-0.15, -0.1) is 0 Å². The summed E-state index contributed by atoms with van der Waals surface area (Å²) < 4.78 is 4.25. The Kier molecular flexibility index (Phi) is 2.65. The average Bonchev–Trinajstić information content (AvgIpc) is 1.35. The highest BCUT2D eigenvalue weighted by atomic mass is 28.3. The molecule has 6 heavy (non-hydrogen) atoms. The summed E-state index contributed by atoms with van der Waals surface area (Å²) in [5, 5.41) is 6.30. The van der Waals surface area contributed by atoms with E-state index in [9.17, 15) is 4.80 Å². The molecular weight excluding hydrogens is 98.1 g/mol. The van der Waals surface area contributed by atoms with Crippen molar-refractivity contribution in [1.82, 2.24) is 0 Å². The lowest BCUT2D eigenvalue weighted by Gasteiger charge is -1.87. The van der Waals surface area contributed by atoms with Gasteiger partial charge in [0.05, 0.1) is 6.61 Å². The molecule has 0 saturated heterocycles. The monoisotopic (exact) mass is 104 g/mol. The van der Waals surface area contributed by atoms with Crippen molar-refractivity contribution in [3.63, 3.8) is 0 Å². The van der Waals surface area contributed by atoms with Crippen LogP contribution in [-0.4, -0.2) is 15.7 Å². The van der Waals surface area contributed by atoms with E-state index in [2.05, 4.69) is 4.43 Å². The van der Waals surface area contributed by atoms with Gasteiger partial charge in [-0.05, 0) is 6.92 Å². The predicted octanol–water partition coefficient (Wildman–Crippen LogP) is 0.286. The topological polar surface area (TPSA) is 53.0 Å². The first-order valence-corrected chi connectivity index (χ1v) is 2.97. The van der Waals surface area contributed by atoms with Crippen molar-refractivity contribution in [3.8, 4) is 0 Å². The molecule has 0 aliphatic heterocycles. The van der Waals surface area contributed by atoms with Crippen molar-refractivity contribution in [1.29, 1.82) is 5.05 Å². The van der Waals surface area contributed by atoms with Gasteiger partial charge in [0.25, 0.3) is 0 Å². The molecule has 0 saturated carbocycles. The summed E-state index contributed by atoms with van der Waals surface area (Å²) in [5.74, 6) is 0. The Morgan fingerprint density at radius 1 is 2.00 bits per heavy atom. The Bertz CT molecular complexity index is 55.5. The second kappa shape index (κ2) is 2.83. The molecule has 0 bridgehead atoms. The van der Waals surface area contributed by atoms with Gasteiger partial charge in [0.2, 0.25) is 0 Å². The van der Waals surface area contributed by atoms with Crippen LogP contribution in [0, 0.1) is 5.05 Å². The van der Waals surface area contributed by atoms with Gasteiger partial charge in [-0.1, -0.05) is 0 Å².